The van der Waals surface area contributed by atoms with Crippen molar-refractivity contribution < 1.29 is 4.79 Å². The summed E-state index contributed by atoms with van der Waals surface area (Å²) in [4.78, 5) is 16.0. The molecule has 1 aromatic rings. The first kappa shape index (κ1) is 17.2. The maximum atomic E-state index is 11.9. The lowest BCUT2D eigenvalue weighted by Gasteiger charge is -2.11. The molecule has 0 unspecified atom stereocenters. The van der Waals surface area contributed by atoms with E-state index in [1.165, 1.54) is 0 Å². The van der Waals surface area contributed by atoms with Gasteiger partial charge in [0, 0.05) is 36.8 Å². The number of nitrogens with zero attached hydrogens (tertiary/aromatic N) is 1. The van der Waals surface area contributed by atoms with Crippen molar-refractivity contribution >= 4 is 12.0 Å². The summed E-state index contributed by atoms with van der Waals surface area (Å²) < 4.78 is 0. The summed E-state index contributed by atoms with van der Waals surface area (Å²) >= 11 is 0. The Morgan fingerprint density at radius 1 is 1.41 bits per heavy atom. The fourth-order valence-corrected chi connectivity index (χ4v) is 1.91. The van der Waals surface area contributed by atoms with Crippen molar-refractivity contribution in [3.63, 3.8) is 0 Å². The number of hydrogen-bond acceptors (Lipinski definition) is 3. The van der Waals surface area contributed by atoms with Gasteiger partial charge in [-0.05, 0) is 30.2 Å². The molecule has 0 bridgehead atoms. The largest absolute Gasteiger partial charge is 0.393 e. The second-order valence-electron chi connectivity index (χ2n) is 4.41. The smallest absolute Gasteiger partial charge is 0.249 e. The highest BCUT2D eigenvalue weighted by Crippen LogP contribution is 2.22. The van der Waals surface area contributed by atoms with Gasteiger partial charge in [-0.2, -0.15) is 0 Å². The van der Waals surface area contributed by atoms with E-state index >= 15 is 0 Å². The second kappa shape index (κ2) is 9.13. The molecule has 0 aliphatic carbocycles. The highest BCUT2D eigenvalue weighted by atomic mass is 16.1. The summed E-state index contributed by atoms with van der Waals surface area (Å²) in [6.45, 7) is 5.62. The van der Waals surface area contributed by atoms with Crippen molar-refractivity contribution in [3.05, 3.63) is 83.9 Å². The molecule has 22 heavy (non-hydrogen) atoms. The zero-order valence-corrected chi connectivity index (χ0v) is 12.9. The number of amides is 1. The quantitative estimate of drug-likeness (QED) is 0.600. The number of primary amides is 1. The lowest BCUT2D eigenvalue weighted by Crippen LogP contribution is -2.17. The van der Waals surface area contributed by atoms with E-state index in [9.17, 15) is 4.79 Å². The van der Waals surface area contributed by atoms with Gasteiger partial charge in [-0.1, -0.05) is 36.9 Å². The molecule has 0 spiro atoms. The molecule has 1 amide bonds. The van der Waals surface area contributed by atoms with Gasteiger partial charge in [-0.25, -0.2) is 0 Å². The van der Waals surface area contributed by atoms with Gasteiger partial charge in [0.2, 0.25) is 5.91 Å². The van der Waals surface area contributed by atoms with Gasteiger partial charge in [-0.3, -0.25) is 9.78 Å². The molecule has 3 N–H and O–H groups in total. The first-order valence-electron chi connectivity index (χ1n) is 6.89. The Labute approximate surface area is 131 Å². The summed E-state index contributed by atoms with van der Waals surface area (Å²) in [7, 11) is 1.77. The predicted octanol–water partition coefficient (Wildman–Crippen LogP) is 2.74. The van der Waals surface area contributed by atoms with Crippen molar-refractivity contribution in [2.45, 2.75) is 6.92 Å². The van der Waals surface area contributed by atoms with Crippen LogP contribution in [0.25, 0.3) is 6.08 Å². The van der Waals surface area contributed by atoms with E-state index in [1.807, 2.05) is 31.2 Å². The number of nitrogens with two attached hydrogens (primary N) is 1. The molecule has 0 fully saturated rings. The Morgan fingerprint density at radius 2 is 2.18 bits per heavy atom. The zero-order chi connectivity index (χ0) is 16.4. The fourth-order valence-electron chi connectivity index (χ4n) is 1.91. The molecule has 0 atom stereocenters. The number of hydrogen-bond donors (Lipinski definition) is 2. The molecule has 114 valence electrons. The van der Waals surface area contributed by atoms with Crippen LogP contribution in [0.4, 0.5) is 0 Å². The lowest BCUT2D eigenvalue weighted by molar-refractivity contribution is -0.114. The van der Waals surface area contributed by atoms with Crippen LogP contribution in [-0.4, -0.2) is 17.9 Å². The third-order valence-electron chi connectivity index (χ3n) is 2.79. The van der Waals surface area contributed by atoms with Crippen molar-refractivity contribution in [3.8, 4) is 0 Å². The Hall–Kier alpha value is -2.88. The van der Waals surface area contributed by atoms with E-state index in [4.69, 9.17) is 5.73 Å². The molecule has 0 saturated carbocycles. The molecule has 1 rings (SSSR count). The van der Waals surface area contributed by atoms with Crippen molar-refractivity contribution in [1.29, 1.82) is 0 Å². The van der Waals surface area contributed by atoms with Crippen molar-refractivity contribution in [1.82, 2.24) is 10.3 Å². The first-order chi connectivity index (χ1) is 10.6. The topological polar surface area (TPSA) is 68.0 Å². The molecule has 0 aliphatic heterocycles. The molecule has 4 nitrogen and oxygen atoms in total. The third-order valence-corrected chi connectivity index (χ3v) is 2.79. The minimum atomic E-state index is -0.509. The van der Waals surface area contributed by atoms with Crippen LogP contribution in [0.2, 0.25) is 0 Å². The number of aromatic nitrogens is 1. The van der Waals surface area contributed by atoms with E-state index < -0.39 is 5.91 Å². The Balaban J connectivity index is 3.45. The number of pyridine rings is 1. The van der Waals surface area contributed by atoms with Crippen LogP contribution in [0.5, 0.6) is 0 Å². The monoisotopic (exact) mass is 295 g/mol. The van der Waals surface area contributed by atoms with E-state index in [-0.39, 0.29) is 0 Å². The minimum Gasteiger partial charge on any atom is -0.393 e. The van der Waals surface area contributed by atoms with Gasteiger partial charge >= 0.3 is 0 Å². The molecule has 0 radical (unpaired) electrons. The van der Waals surface area contributed by atoms with E-state index in [1.54, 1.807) is 43.9 Å². The first-order valence-corrected chi connectivity index (χ1v) is 6.89. The van der Waals surface area contributed by atoms with Gasteiger partial charge in [0.1, 0.15) is 0 Å². The average Bonchev–Trinajstić information content (AvgIpc) is 2.51. The summed E-state index contributed by atoms with van der Waals surface area (Å²) in [5.74, 6) is -0.509. The summed E-state index contributed by atoms with van der Waals surface area (Å²) in [5, 5.41) is 2.95. The van der Waals surface area contributed by atoms with Gasteiger partial charge in [-0.15, -0.1) is 0 Å². The average molecular weight is 295 g/mol. The lowest BCUT2D eigenvalue weighted by atomic mass is 9.95. The molecular weight excluding hydrogens is 274 g/mol. The highest BCUT2D eigenvalue weighted by Gasteiger charge is 2.14. The van der Waals surface area contributed by atoms with Crippen molar-refractivity contribution in [2.24, 2.45) is 5.73 Å². The van der Waals surface area contributed by atoms with Crippen LogP contribution in [0.3, 0.4) is 0 Å². The van der Waals surface area contributed by atoms with Crippen LogP contribution in [-0.2, 0) is 4.79 Å². The third kappa shape index (κ3) is 4.90. The zero-order valence-electron chi connectivity index (χ0n) is 12.9. The van der Waals surface area contributed by atoms with Crippen LogP contribution in [0.15, 0.2) is 78.3 Å². The standard InChI is InChI=1S/C18H21N3O/c1-4-7-15(8-5-2)17(13-20-3)16(18(19)22)11-14-9-6-10-21-12-14/h4-13,20H,1H2,2-3H3,(H2,19,22)/b8-5-,15-7+,16-11-,17-13+. The molecular formula is C18H21N3O. The SMILES string of the molecule is C=C/C=C(\C=C/C)C(=C\NC)/C(=C/c1cccnc1)C(N)=O. The molecule has 1 aromatic heterocycles. The van der Waals surface area contributed by atoms with Crippen LogP contribution < -0.4 is 11.1 Å². The minimum absolute atomic E-state index is 0.397. The molecule has 0 saturated heterocycles. The number of allylic oxidation sites excluding steroid dienone is 5. The Kier molecular flexibility index (Phi) is 7.13. The van der Waals surface area contributed by atoms with E-state index in [0.717, 1.165) is 11.1 Å². The van der Waals surface area contributed by atoms with Crippen LogP contribution in [0, 0.1) is 0 Å². The Bertz CT molecular complexity index is 638. The van der Waals surface area contributed by atoms with Crippen molar-refractivity contribution in [2.75, 3.05) is 7.05 Å². The Morgan fingerprint density at radius 3 is 2.68 bits per heavy atom. The number of nitrogens with one attached hydrogen (secondary N) is 1. The van der Waals surface area contributed by atoms with Gasteiger partial charge in [0.15, 0.2) is 0 Å². The van der Waals surface area contributed by atoms with Gasteiger partial charge < -0.3 is 11.1 Å². The molecule has 0 aliphatic rings. The second-order valence-corrected chi connectivity index (χ2v) is 4.41. The summed E-state index contributed by atoms with van der Waals surface area (Å²) in [5.41, 5.74) is 8.30. The number of carbonyl (C=O) groups excluding carboxylic acids is 1. The van der Waals surface area contributed by atoms with E-state index in [0.29, 0.717) is 11.1 Å². The number of rotatable bonds is 7. The van der Waals surface area contributed by atoms with Crippen LogP contribution in [0.1, 0.15) is 12.5 Å². The fraction of sp³-hybridized carbons (Fsp3) is 0.111. The number of carbonyl (C=O) groups is 1. The van der Waals surface area contributed by atoms with Crippen LogP contribution >= 0.6 is 0 Å². The summed E-state index contributed by atoms with van der Waals surface area (Å²) in [6.07, 6.45) is 14.1. The highest BCUT2D eigenvalue weighted by molar-refractivity contribution is 6.02. The molecule has 1 heterocycles. The van der Waals surface area contributed by atoms with E-state index in [2.05, 4.69) is 16.9 Å². The summed E-state index contributed by atoms with van der Waals surface area (Å²) in [6, 6.07) is 3.66. The van der Waals surface area contributed by atoms with Gasteiger partial charge in [0.25, 0.3) is 0 Å². The predicted molar refractivity (Wildman–Crippen MR) is 91.6 cm³/mol. The van der Waals surface area contributed by atoms with Gasteiger partial charge in [0.05, 0.1) is 0 Å². The molecule has 0 aromatic carbocycles. The maximum absolute atomic E-state index is 11.9. The molecule has 4 heteroatoms. The normalized spacial score (nSPS) is 13.3. The maximum Gasteiger partial charge on any atom is 0.249 e.